The van der Waals surface area contributed by atoms with Gasteiger partial charge in [0.1, 0.15) is 0 Å². The van der Waals surface area contributed by atoms with Crippen molar-refractivity contribution in [3.8, 4) is 0 Å². The van der Waals surface area contributed by atoms with Crippen molar-refractivity contribution in [1.82, 2.24) is 9.55 Å². The molecule has 9 heteroatoms. The quantitative estimate of drug-likeness (QED) is 0.853. The lowest BCUT2D eigenvalue weighted by molar-refractivity contribution is 0.603. The average molecular weight is 335 g/mol. The van der Waals surface area contributed by atoms with Crippen LogP contribution in [0, 0.1) is 0 Å². The minimum atomic E-state index is -4.24. The predicted molar refractivity (Wildman–Crippen MR) is 74.9 cm³/mol. The fourth-order valence-corrected chi connectivity index (χ4v) is 2.64. The Morgan fingerprint density at radius 3 is 2.45 bits per heavy atom. The van der Waals surface area contributed by atoms with E-state index in [0.29, 0.717) is 10.6 Å². The maximum Gasteiger partial charge on any atom is 0.328 e. The van der Waals surface area contributed by atoms with Gasteiger partial charge in [-0.1, -0.05) is 29.8 Å². The van der Waals surface area contributed by atoms with Crippen molar-refractivity contribution in [3.05, 3.63) is 61.9 Å². The Kier molecular flexibility index (Phi) is 4.03. The summed E-state index contributed by atoms with van der Waals surface area (Å²) in [4.78, 5) is 24.3. The van der Waals surface area contributed by atoms with Gasteiger partial charge in [0, 0.05) is 21.9 Å². The molecule has 6 nitrogen and oxygen atoms in total. The van der Waals surface area contributed by atoms with E-state index in [2.05, 4.69) is 0 Å². The Hall–Kier alpha value is -1.57. The zero-order valence-corrected chi connectivity index (χ0v) is 12.2. The first kappa shape index (κ1) is 14.8. The molecular formula is C11H8Cl2N2O4S. The van der Waals surface area contributed by atoms with Gasteiger partial charge >= 0.3 is 5.69 Å². The molecule has 0 atom stereocenters. The van der Waals surface area contributed by atoms with Crippen molar-refractivity contribution in [2.24, 2.45) is 0 Å². The number of nitrogens with one attached hydrogen (secondary N) is 1. The average Bonchev–Trinajstić information content (AvgIpc) is 2.33. The second-order valence-corrected chi connectivity index (χ2v) is 6.85. The lowest BCUT2D eigenvalue weighted by Crippen LogP contribution is -2.32. The van der Waals surface area contributed by atoms with Crippen LogP contribution in [0.3, 0.4) is 0 Å². The first-order valence-corrected chi connectivity index (χ1v) is 7.99. The molecule has 0 saturated heterocycles. The molecule has 0 fully saturated rings. The highest BCUT2D eigenvalue weighted by Crippen LogP contribution is 2.16. The summed E-state index contributed by atoms with van der Waals surface area (Å²) in [6.45, 7) is 0.00863. The third-order valence-corrected chi connectivity index (χ3v) is 4.22. The number of aromatic nitrogens is 2. The maximum atomic E-state index is 11.7. The maximum absolute atomic E-state index is 11.7. The zero-order chi connectivity index (χ0) is 14.9. The van der Waals surface area contributed by atoms with E-state index in [1.54, 1.807) is 24.3 Å². The third kappa shape index (κ3) is 3.12. The van der Waals surface area contributed by atoms with Crippen molar-refractivity contribution >= 4 is 31.3 Å². The van der Waals surface area contributed by atoms with E-state index in [4.69, 9.17) is 22.3 Å². The summed E-state index contributed by atoms with van der Waals surface area (Å²) in [5.74, 6) is 0. The lowest BCUT2D eigenvalue weighted by atomic mass is 10.2. The molecule has 0 radical (unpaired) electrons. The van der Waals surface area contributed by atoms with Crippen molar-refractivity contribution in [2.75, 3.05) is 0 Å². The van der Waals surface area contributed by atoms with Crippen LogP contribution in [0.5, 0.6) is 0 Å². The van der Waals surface area contributed by atoms with Crippen molar-refractivity contribution < 1.29 is 8.42 Å². The van der Waals surface area contributed by atoms with Gasteiger partial charge in [0.2, 0.25) is 0 Å². The number of nitrogens with zero attached hydrogens (tertiary/aromatic N) is 1. The second kappa shape index (κ2) is 5.43. The predicted octanol–water partition coefficient (Wildman–Crippen LogP) is 1.17. The molecule has 0 aliphatic heterocycles. The highest BCUT2D eigenvalue weighted by molar-refractivity contribution is 8.13. The van der Waals surface area contributed by atoms with Crippen LogP contribution < -0.4 is 11.2 Å². The van der Waals surface area contributed by atoms with Crippen LogP contribution in [0.4, 0.5) is 0 Å². The Labute approximate surface area is 123 Å². The minimum Gasteiger partial charge on any atom is -0.295 e. The van der Waals surface area contributed by atoms with Crippen molar-refractivity contribution in [3.63, 3.8) is 0 Å². The largest absolute Gasteiger partial charge is 0.328 e. The molecule has 0 bridgehead atoms. The SMILES string of the molecule is O=c1[nH]c(=O)n(Cc2ccccc2Cl)cc1S(=O)(=O)Cl. The van der Waals surface area contributed by atoms with Crippen molar-refractivity contribution in [1.29, 1.82) is 0 Å². The van der Waals surface area contributed by atoms with E-state index in [-0.39, 0.29) is 6.54 Å². The molecule has 1 N–H and O–H groups in total. The smallest absolute Gasteiger partial charge is 0.295 e. The summed E-state index contributed by atoms with van der Waals surface area (Å²) in [7, 11) is 0.894. The molecule has 0 aliphatic rings. The molecule has 1 aromatic carbocycles. The minimum absolute atomic E-state index is 0.00863. The second-order valence-electron chi connectivity index (χ2n) is 3.91. The molecule has 0 unspecified atom stereocenters. The Morgan fingerprint density at radius 1 is 1.20 bits per heavy atom. The van der Waals surface area contributed by atoms with E-state index < -0.39 is 25.2 Å². The van der Waals surface area contributed by atoms with Gasteiger partial charge in [-0.2, -0.15) is 0 Å². The van der Waals surface area contributed by atoms with Crippen molar-refractivity contribution in [2.45, 2.75) is 11.4 Å². The molecule has 1 aromatic heterocycles. The van der Waals surface area contributed by atoms with Crippen LogP contribution in [0.2, 0.25) is 5.02 Å². The van der Waals surface area contributed by atoms with Gasteiger partial charge in [0.25, 0.3) is 14.6 Å². The molecule has 2 rings (SSSR count). The number of rotatable bonds is 3. The molecule has 0 aliphatic carbocycles. The lowest BCUT2D eigenvalue weighted by Gasteiger charge is -2.07. The first-order chi connectivity index (χ1) is 9.29. The molecule has 0 amide bonds. The van der Waals surface area contributed by atoms with E-state index in [1.807, 2.05) is 4.98 Å². The van der Waals surface area contributed by atoms with Gasteiger partial charge in [-0.25, -0.2) is 13.2 Å². The summed E-state index contributed by atoms with van der Waals surface area (Å²) in [5, 5.41) is 0.417. The molecule has 0 spiro atoms. The summed E-state index contributed by atoms with van der Waals surface area (Å²) in [6.07, 6.45) is 0.896. The molecule has 2 aromatic rings. The summed E-state index contributed by atoms with van der Waals surface area (Å²) in [6, 6.07) is 6.74. The number of hydrogen-bond acceptors (Lipinski definition) is 4. The number of halogens is 2. The molecule has 106 valence electrons. The number of aromatic amines is 1. The van der Waals surface area contributed by atoms with Crippen LogP contribution in [0.25, 0.3) is 0 Å². The zero-order valence-electron chi connectivity index (χ0n) is 9.84. The summed E-state index contributed by atoms with van der Waals surface area (Å²) in [5.41, 5.74) is -1.21. The van der Waals surface area contributed by atoms with Gasteiger partial charge in [0.15, 0.2) is 4.90 Å². The number of hydrogen-bond donors (Lipinski definition) is 1. The Bertz CT molecular complexity index is 870. The van der Waals surface area contributed by atoms with E-state index in [9.17, 15) is 18.0 Å². The van der Waals surface area contributed by atoms with Crippen LogP contribution in [-0.4, -0.2) is 18.0 Å². The van der Waals surface area contributed by atoms with Gasteiger partial charge in [-0.05, 0) is 11.6 Å². The van der Waals surface area contributed by atoms with Gasteiger partial charge in [-0.15, -0.1) is 0 Å². The van der Waals surface area contributed by atoms with Crippen LogP contribution >= 0.6 is 22.3 Å². The fourth-order valence-electron chi connectivity index (χ4n) is 1.59. The Balaban J connectivity index is 2.57. The fraction of sp³-hybridized carbons (Fsp3) is 0.0909. The number of H-pyrrole nitrogens is 1. The summed E-state index contributed by atoms with van der Waals surface area (Å²) < 4.78 is 23.5. The van der Waals surface area contributed by atoms with Crippen LogP contribution in [0.1, 0.15) is 5.56 Å². The van der Waals surface area contributed by atoms with Gasteiger partial charge in [0.05, 0.1) is 6.54 Å². The Morgan fingerprint density at radius 2 is 1.85 bits per heavy atom. The molecule has 20 heavy (non-hydrogen) atoms. The normalized spacial score (nSPS) is 11.5. The van der Waals surface area contributed by atoms with E-state index in [1.165, 1.54) is 0 Å². The van der Waals surface area contributed by atoms with Gasteiger partial charge < -0.3 is 0 Å². The third-order valence-electron chi connectivity index (χ3n) is 2.54. The van der Waals surface area contributed by atoms with Crippen LogP contribution in [-0.2, 0) is 15.6 Å². The van der Waals surface area contributed by atoms with Gasteiger partial charge in [-0.3, -0.25) is 14.3 Å². The standard InChI is InChI=1S/C11H8Cl2N2O4S/c12-8-4-2-1-3-7(8)5-15-6-9(20(13,18)19)10(16)14-11(15)17/h1-4,6H,5H2,(H,14,16,17). The summed E-state index contributed by atoms with van der Waals surface area (Å²) >= 11 is 5.96. The molecular weight excluding hydrogens is 327 g/mol. The number of benzene rings is 1. The van der Waals surface area contributed by atoms with E-state index in [0.717, 1.165) is 10.8 Å². The topological polar surface area (TPSA) is 89.0 Å². The first-order valence-electron chi connectivity index (χ1n) is 5.31. The van der Waals surface area contributed by atoms with E-state index >= 15 is 0 Å². The highest BCUT2D eigenvalue weighted by atomic mass is 35.7. The monoisotopic (exact) mass is 334 g/mol. The van der Waals surface area contributed by atoms with Crippen LogP contribution in [0.15, 0.2) is 44.9 Å². The molecule has 1 heterocycles. The molecule has 0 saturated carbocycles. The highest BCUT2D eigenvalue weighted by Gasteiger charge is 2.17.